The van der Waals surface area contributed by atoms with E-state index >= 15 is 0 Å². The average molecular weight is 341 g/mol. The van der Waals surface area contributed by atoms with E-state index in [0.29, 0.717) is 18.3 Å². The molecule has 3 aromatic rings. The van der Waals surface area contributed by atoms with Crippen molar-refractivity contribution in [3.63, 3.8) is 0 Å². The molecule has 2 aromatic heterocycles. The van der Waals surface area contributed by atoms with Crippen LogP contribution in [0.4, 0.5) is 0 Å². The number of phenols is 1. The summed E-state index contributed by atoms with van der Waals surface area (Å²) in [6, 6.07) is 11.0. The van der Waals surface area contributed by atoms with Gasteiger partial charge in [0.05, 0.1) is 4.88 Å². The molecule has 0 aliphatic heterocycles. The number of aromatic nitrogens is 2. The van der Waals surface area contributed by atoms with Gasteiger partial charge in [-0.25, -0.2) is 0 Å². The maximum Gasteiger partial charge on any atom is 0.254 e. The zero-order valence-electron chi connectivity index (χ0n) is 13.2. The van der Waals surface area contributed by atoms with Gasteiger partial charge >= 0.3 is 0 Å². The van der Waals surface area contributed by atoms with Crippen molar-refractivity contribution in [3.05, 3.63) is 53.2 Å². The largest absolute Gasteiger partial charge is 0.508 e. The second-order valence-corrected chi connectivity index (χ2v) is 6.36. The minimum Gasteiger partial charge on any atom is -0.508 e. The first-order valence-electron chi connectivity index (χ1n) is 7.84. The van der Waals surface area contributed by atoms with Crippen LogP contribution in [0.1, 0.15) is 30.7 Å². The van der Waals surface area contributed by atoms with Crippen LogP contribution in [0.3, 0.4) is 0 Å². The number of thiophene rings is 1. The second kappa shape index (κ2) is 7.90. The highest BCUT2D eigenvalue weighted by atomic mass is 32.1. The Morgan fingerprint density at radius 2 is 2.17 bits per heavy atom. The maximum absolute atomic E-state index is 9.64. The molecular weight excluding hydrogens is 322 g/mol. The molecule has 0 spiro atoms. The number of hydrogen-bond acceptors (Lipinski definition) is 6. The van der Waals surface area contributed by atoms with E-state index in [4.69, 9.17) is 10.3 Å². The van der Waals surface area contributed by atoms with Crippen LogP contribution in [0.2, 0.25) is 0 Å². The van der Waals surface area contributed by atoms with Crippen LogP contribution >= 0.6 is 11.3 Å². The summed E-state index contributed by atoms with van der Waals surface area (Å²) < 4.78 is 5.47. The van der Waals surface area contributed by atoms with Crippen molar-refractivity contribution in [2.45, 2.75) is 19.3 Å². The van der Waals surface area contributed by atoms with E-state index in [0.717, 1.165) is 35.3 Å². The van der Waals surface area contributed by atoms with Gasteiger partial charge in [-0.3, -0.25) is 0 Å². The molecule has 0 fully saturated rings. The third kappa shape index (κ3) is 4.10. The van der Waals surface area contributed by atoms with E-state index in [1.807, 2.05) is 35.7 Å². The van der Waals surface area contributed by atoms with Gasteiger partial charge in [0, 0.05) is 5.57 Å². The lowest BCUT2D eigenvalue weighted by atomic mass is 10.0. The quantitative estimate of drug-likeness (QED) is 0.630. The van der Waals surface area contributed by atoms with Crippen LogP contribution in [0.25, 0.3) is 22.4 Å². The summed E-state index contributed by atoms with van der Waals surface area (Å²) in [5.41, 5.74) is 7.44. The van der Waals surface area contributed by atoms with Crippen LogP contribution < -0.4 is 5.73 Å². The summed E-state index contributed by atoms with van der Waals surface area (Å²) in [5, 5.41) is 15.7. The molecule has 0 amide bonds. The maximum atomic E-state index is 9.64. The molecule has 0 bridgehead atoms. The molecule has 3 N–H and O–H groups in total. The fourth-order valence-corrected chi connectivity index (χ4v) is 3.03. The lowest BCUT2D eigenvalue weighted by Gasteiger charge is -2.03. The summed E-state index contributed by atoms with van der Waals surface area (Å²) >= 11 is 1.57. The lowest BCUT2D eigenvalue weighted by Crippen LogP contribution is -1.98. The first kappa shape index (κ1) is 16.4. The molecule has 24 heavy (non-hydrogen) atoms. The van der Waals surface area contributed by atoms with Crippen LogP contribution in [0, 0.1) is 0 Å². The fraction of sp³-hybridized carbons (Fsp3) is 0.222. The molecule has 2 heterocycles. The third-order valence-electron chi connectivity index (χ3n) is 3.55. The van der Waals surface area contributed by atoms with Crippen molar-refractivity contribution < 1.29 is 9.63 Å². The number of phenolic OH excluding ortho intramolecular Hbond substituents is 1. The van der Waals surface area contributed by atoms with E-state index in [-0.39, 0.29) is 5.75 Å². The van der Waals surface area contributed by atoms with Crippen LogP contribution in [-0.4, -0.2) is 21.8 Å². The van der Waals surface area contributed by atoms with E-state index < -0.39 is 0 Å². The van der Waals surface area contributed by atoms with Gasteiger partial charge in [0.2, 0.25) is 5.82 Å². The number of nitrogens with two attached hydrogens (primary N) is 1. The normalized spacial score (nSPS) is 11.8. The summed E-state index contributed by atoms with van der Waals surface area (Å²) in [7, 11) is 0. The molecule has 0 saturated carbocycles. The number of rotatable bonds is 7. The molecule has 6 heteroatoms. The van der Waals surface area contributed by atoms with E-state index in [1.165, 1.54) is 0 Å². The Labute approximate surface area is 144 Å². The minimum atomic E-state index is 0.231. The van der Waals surface area contributed by atoms with Crippen molar-refractivity contribution in [2.75, 3.05) is 6.54 Å². The molecule has 0 aliphatic rings. The topological polar surface area (TPSA) is 85.2 Å². The summed E-state index contributed by atoms with van der Waals surface area (Å²) in [4.78, 5) is 5.50. The van der Waals surface area contributed by atoms with Crippen LogP contribution in [0.5, 0.6) is 5.75 Å². The summed E-state index contributed by atoms with van der Waals surface area (Å²) in [6.07, 6.45) is 4.64. The molecule has 124 valence electrons. The Bertz CT molecular complexity index is 809. The van der Waals surface area contributed by atoms with E-state index in [9.17, 15) is 5.11 Å². The smallest absolute Gasteiger partial charge is 0.254 e. The minimum absolute atomic E-state index is 0.231. The Hall–Kier alpha value is -2.44. The third-order valence-corrected chi connectivity index (χ3v) is 4.42. The van der Waals surface area contributed by atoms with Crippen LogP contribution in [0.15, 0.2) is 46.3 Å². The lowest BCUT2D eigenvalue weighted by molar-refractivity contribution is 0.407. The molecule has 0 aliphatic carbocycles. The highest BCUT2D eigenvalue weighted by Crippen LogP contribution is 2.27. The predicted octanol–water partition coefficient (Wildman–Crippen LogP) is 4.17. The standard InChI is InChI=1S/C18H19N3O2S/c19-9-2-1-6-14(11-13-5-3-7-15(22)12-13)18-20-17(21-23-18)16-8-4-10-24-16/h3-5,7-8,10-12,22H,1-2,6,9,19H2/b14-11+. The number of benzene rings is 1. The zero-order chi connectivity index (χ0) is 16.8. The Kier molecular flexibility index (Phi) is 5.40. The van der Waals surface area contributed by atoms with E-state index in [2.05, 4.69) is 10.1 Å². The van der Waals surface area contributed by atoms with E-state index in [1.54, 1.807) is 23.5 Å². The summed E-state index contributed by atoms with van der Waals surface area (Å²) in [5.74, 6) is 1.34. The van der Waals surface area contributed by atoms with Gasteiger partial charge in [-0.1, -0.05) is 23.4 Å². The first-order valence-corrected chi connectivity index (χ1v) is 8.72. The molecule has 0 unspecified atom stereocenters. The second-order valence-electron chi connectivity index (χ2n) is 5.41. The van der Waals surface area contributed by atoms with Crippen molar-refractivity contribution in [2.24, 2.45) is 5.73 Å². The van der Waals surface area contributed by atoms with Gasteiger partial charge in [-0.05, 0) is 61.0 Å². The predicted molar refractivity (Wildman–Crippen MR) is 96.5 cm³/mol. The molecule has 0 radical (unpaired) electrons. The van der Waals surface area contributed by atoms with Gasteiger partial charge < -0.3 is 15.4 Å². The molecule has 0 saturated heterocycles. The van der Waals surface area contributed by atoms with Gasteiger partial charge in [0.25, 0.3) is 5.89 Å². The number of unbranched alkanes of at least 4 members (excludes halogenated alkanes) is 1. The molecule has 3 rings (SSSR count). The number of allylic oxidation sites excluding steroid dienone is 1. The average Bonchev–Trinajstić information content (AvgIpc) is 3.25. The zero-order valence-corrected chi connectivity index (χ0v) is 14.0. The molecule has 5 nitrogen and oxygen atoms in total. The van der Waals surface area contributed by atoms with Crippen molar-refractivity contribution >= 4 is 23.0 Å². The van der Waals surface area contributed by atoms with Gasteiger partial charge in [0.15, 0.2) is 0 Å². The monoisotopic (exact) mass is 341 g/mol. The number of hydrogen-bond donors (Lipinski definition) is 2. The molecular formula is C18H19N3O2S. The van der Waals surface area contributed by atoms with Gasteiger partial charge in [0.1, 0.15) is 5.75 Å². The first-order chi connectivity index (χ1) is 11.8. The van der Waals surface area contributed by atoms with Crippen molar-refractivity contribution in [3.8, 4) is 16.5 Å². The summed E-state index contributed by atoms with van der Waals surface area (Å²) in [6.45, 7) is 0.656. The fourth-order valence-electron chi connectivity index (χ4n) is 2.38. The van der Waals surface area contributed by atoms with Crippen molar-refractivity contribution in [1.29, 1.82) is 0 Å². The highest BCUT2D eigenvalue weighted by molar-refractivity contribution is 7.13. The Morgan fingerprint density at radius 1 is 1.25 bits per heavy atom. The molecule has 0 atom stereocenters. The SMILES string of the molecule is NCCCC/C(=C\c1cccc(O)c1)c1nc(-c2cccs2)no1. The Balaban J connectivity index is 1.89. The van der Waals surface area contributed by atoms with Crippen LogP contribution in [-0.2, 0) is 0 Å². The molecule has 1 aromatic carbocycles. The van der Waals surface area contributed by atoms with Gasteiger partial charge in [-0.2, -0.15) is 4.98 Å². The van der Waals surface area contributed by atoms with Gasteiger partial charge in [-0.15, -0.1) is 11.3 Å². The highest BCUT2D eigenvalue weighted by Gasteiger charge is 2.13. The number of aromatic hydroxyl groups is 1. The number of nitrogens with zero attached hydrogens (tertiary/aromatic N) is 2. The Morgan fingerprint density at radius 3 is 2.92 bits per heavy atom. The van der Waals surface area contributed by atoms with Crippen molar-refractivity contribution in [1.82, 2.24) is 10.1 Å².